The molecule has 3 aromatic carbocycles. The predicted molar refractivity (Wildman–Crippen MR) is 162 cm³/mol. The molecule has 5 heteroatoms. The van der Waals surface area contributed by atoms with Gasteiger partial charge in [-0.1, -0.05) is 87.1 Å². The zero-order valence-corrected chi connectivity index (χ0v) is 23.5. The summed E-state index contributed by atoms with van der Waals surface area (Å²) < 4.78 is 0. The van der Waals surface area contributed by atoms with Crippen LogP contribution in [0.25, 0.3) is 0 Å². The first kappa shape index (κ1) is 30.5. The molecule has 0 fully saturated rings. The normalized spacial score (nSPS) is 11.2. The Morgan fingerprint density at radius 1 is 0.487 bits per heavy atom. The maximum atomic E-state index is 10.5. The molecule has 39 heavy (non-hydrogen) atoms. The number of aryl methyl sites for hydroxylation is 1. The van der Waals surface area contributed by atoms with Crippen molar-refractivity contribution in [3.8, 4) is 17.2 Å². The Labute approximate surface area is 235 Å². The molecule has 3 rings (SSSR count). The summed E-state index contributed by atoms with van der Waals surface area (Å²) >= 11 is 0. The topological polar surface area (TPSA) is 84.8 Å². The number of hydrogen-bond donors (Lipinski definition) is 5. The van der Waals surface area contributed by atoms with Crippen molar-refractivity contribution >= 4 is 0 Å². The molecular formula is C34H48N2O3. The first-order valence-electron chi connectivity index (χ1n) is 14.9. The van der Waals surface area contributed by atoms with Crippen LogP contribution < -0.4 is 10.6 Å². The Hall–Kier alpha value is -3.02. The Kier molecular flexibility index (Phi) is 14.3. The van der Waals surface area contributed by atoms with Crippen LogP contribution in [0.15, 0.2) is 66.7 Å². The fourth-order valence-electron chi connectivity index (χ4n) is 5.07. The van der Waals surface area contributed by atoms with E-state index in [1.165, 1.54) is 56.9 Å². The average Bonchev–Trinajstić information content (AvgIpc) is 2.95. The number of nitrogens with one attached hydrogen (secondary N) is 2. The van der Waals surface area contributed by atoms with Gasteiger partial charge in [0, 0.05) is 5.56 Å². The average molecular weight is 533 g/mol. The van der Waals surface area contributed by atoms with Gasteiger partial charge in [0.05, 0.1) is 0 Å². The lowest BCUT2D eigenvalue weighted by atomic mass is 9.96. The third-order valence-electron chi connectivity index (χ3n) is 7.39. The third kappa shape index (κ3) is 12.1. The van der Waals surface area contributed by atoms with Gasteiger partial charge < -0.3 is 26.0 Å². The van der Waals surface area contributed by atoms with Gasteiger partial charge in [-0.3, -0.25) is 0 Å². The summed E-state index contributed by atoms with van der Waals surface area (Å²) in [5.74, 6) is 0.149. The highest BCUT2D eigenvalue weighted by molar-refractivity contribution is 5.49. The number of phenols is 3. The van der Waals surface area contributed by atoms with Crippen molar-refractivity contribution in [3.05, 3.63) is 89.0 Å². The molecule has 0 atom stereocenters. The molecular weight excluding hydrogens is 484 g/mol. The summed E-state index contributed by atoms with van der Waals surface area (Å²) in [4.78, 5) is 0. The number of hydrogen-bond acceptors (Lipinski definition) is 5. The summed E-state index contributed by atoms with van der Waals surface area (Å²) in [6.07, 6.45) is 13.6. The molecule has 0 saturated carbocycles. The molecule has 5 N–H and O–H groups in total. The molecule has 5 nitrogen and oxygen atoms in total. The van der Waals surface area contributed by atoms with Crippen LogP contribution in [0.4, 0.5) is 0 Å². The molecule has 0 aliphatic heterocycles. The van der Waals surface area contributed by atoms with Gasteiger partial charge in [0.25, 0.3) is 0 Å². The van der Waals surface area contributed by atoms with Gasteiger partial charge in [-0.05, 0) is 99.6 Å². The largest absolute Gasteiger partial charge is 0.508 e. The fourth-order valence-corrected chi connectivity index (χ4v) is 5.07. The van der Waals surface area contributed by atoms with Crippen molar-refractivity contribution in [1.29, 1.82) is 0 Å². The first-order chi connectivity index (χ1) is 19.1. The molecule has 0 radical (unpaired) electrons. The van der Waals surface area contributed by atoms with Crippen molar-refractivity contribution in [2.45, 2.75) is 77.0 Å². The Morgan fingerprint density at radius 3 is 1.77 bits per heavy atom. The molecule has 3 aromatic rings. The van der Waals surface area contributed by atoms with E-state index in [-0.39, 0.29) is 17.2 Å². The highest BCUT2D eigenvalue weighted by Gasteiger charge is 2.12. The molecule has 0 amide bonds. The number of aromatic hydroxyl groups is 3. The van der Waals surface area contributed by atoms with Gasteiger partial charge in [-0.15, -0.1) is 0 Å². The molecule has 212 valence electrons. The van der Waals surface area contributed by atoms with Crippen molar-refractivity contribution in [2.75, 3.05) is 26.2 Å². The van der Waals surface area contributed by atoms with E-state index in [1.807, 2.05) is 18.2 Å². The Bertz CT molecular complexity index is 1070. The molecule has 0 aliphatic carbocycles. The second-order valence-electron chi connectivity index (χ2n) is 10.6. The second kappa shape index (κ2) is 18.3. The number of benzene rings is 3. The Balaban J connectivity index is 1.17. The standard InChI is InChI=1S/C34H48N2O3/c37-31-16-12-15-29(27-31)17-19-32-30(18-20-33(38)34(32)39)22-26-36-24-11-6-4-2-1-3-5-10-23-35-25-21-28-13-8-7-9-14-28/h7-9,12-16,18,20,27,35-39H,1-6,10-11,17,19,21-26H2. The van der Waals surface area contributed by atoms with Gasteiger partial charge in [-0.2, -0.15) is 0 Å². The molecule has 0 aromatic heterocycles. The van der Waals surface area contributed by atoms with Crippen LogP contribution in [0.1, 0.15) is 73.6 Å². The summed E-state index contributed by atoms with van der Waals surface area (Å²) in [5, 5.41) is 37.2. The van der Waals surface area contributed by atoms with E-state index in [2.05, 4.69) is 41.0 Å². The zero-order valence-electron chi connectivity index (χ0n) is 23.5. The van der Waals surface area contributed by atoms with Crippen LogP contribution in [0.2, 0.25) is 0 Å². The first-order valence-corrected chi connectivity index (χ1v) is 14.9. The predicted octanol–water partition coefficient (Wildman–Crippen LogP) is 6.67. The van der Waals surface area contributed by atoms with Crippen LogP contribution >= 0.6 is 0 Å². The SMILES string of the molecule is Oc1cccc(CCc2c(CCNCCCCCCCCCCNCCc3ccccc3)ccc(O)c2O)c1. The van der Waals surface area contributed by atoms with E-state index in [1.54, 1.807) is 18.2 Å². The van der Waals surface area contributed by atoms with E-state index in [4.69, 9.17) is 0 Å². The molecule has 0 bridgehead atoms. The highest BCUT2D eigenvalue weighted by Crippen LogP contribution is 2.32. The summed E-state index contributed by atoms with van der Waals surface area (Å²) in [7, 11) is 0. The van der Waals surface area contributed by atoms with Gasteiger partial charge in [0.15, 0.2) is 11.5 Å². The molecule has 0 saturated heterocycles. The van der Waals surface area contributed by atoms with E-state index >= 15 is 0 Å². The molecule has 0 heterocycles. The maximum Gasteiger partial charge on any atom is 0.160 e. The number of phenolic OH excluding ortho intramolecular Hbond substituents is 3. The number of rotatable bonds is 20. The quantitative estimate of drug-likeness (QED) is 0.0829. The van der Waals surface area contributed by atoms with Gasteiger partial charge in [0.2, 0.25) is 0 Å². The van der Waals surface area contributed by atoms with E-state index in [0.29, 0.717) is 12.8 Å². The van der Waals surface area contributed by atoms with Crippen LogP contribution in [-0.4, -0.2) is 41.5 Å². The smallest absolute Gasteiger partial charge is 0.160 e. The van der Waals surface area contributed by atoms with E-state index < -0.39 is 0 Å². The van der Waals surface area contributed by atoms with Crippen LogP contribution in [-0.2, 0) is 25.7 Å². The van der Waals surface area contributed by atoms with E-state index in [9.17, 15) is 15.3 Å². The summed E-state index contributed by atoms with van der Waals surface area (Å²) in [6, 6.07) is 21.4. The fraction of sp³-hybridized carbons (Fsp3) is 0.471. The van der Waals surface area contributed by atoms with Crippen LogP contribution in [0, 0.1) is 0 Å². The van der Waals surface area contributed by atoms with Gasteiger partial charge in [-0.25, -0.2) is 0 Å². The van der Waals surface area contributed by atoms with Crippen molar-refractivity contribution in [1.82, 2.24) is 10.6 Å². The number of unbranched alkanes of at least 4 members (excludes halogenated alkanes) is 7. The minimum Gasteiger partial charge on any atom is -0.508 e. The Morgan fingerprint density at radius 2 is 1.10 bits per heavy atom. The van der Waals surface area contributed by atoms with E-state index in [0.717, 1.165) is 55.7 Å². The molecule has 0 aliphatic rings. The van der Waals surface area contributed by atoms with Crippen molar-refractivity contribution in [3.63, 3.8) is 0 Å². The third-order valence-corrected chi connectivity index (χ3v) is 7.39. The maximum absolute atomic E-state index is 10.5. The van der Waals surface area contributed by atoms with Gasteiger partial charge >= 0.3 is 0 Å². The summed E-state index contributed by atoms with van der Waals surface area (Å²) in [6.45, 7) is 4.05. The zero-order chi connectivity index (χ0) is 27.5. The van der Waals surface area contributed by atoms with Crippen LogP contribution in [0.5, 0.6) is 17.2 Å². The minimum atomic E-state index is -0.0758. The second-order valence-corrected chi connectivity index (χ2v) is 10.6. The minimum absolute atomic E-state index is 0.0213. The monoisotopic (exact) mass is 532 g/mol. The van der Waals surface area contributed by atoms with Crippen molar-refractivity contribution < 1.29 is 15.3 Å². The van der Waals surface area contributed by atoms with Crippen molar-refractivity contribution in [2.24, 2.45) is 0 Å². The lowest BCUT2D eigenvalue weighted by molar-refractivity contribution is 0.398. The van der Waals surface area contributed by atoms with Crippen LogP contribution in [0.3, 0.4) is 0 Å². The summed E-state index contributed by atoms with van der Waals surface area (Å²) in [5.41, 5.74) is 4.27. The highest BCUT2D eigenvalue weighted by atomic mass is 16.3. The van der Waals surface area contributed by atoms with Gasteiger partial charge in [0.1, 0.15) is 5.75 Å². The lowest BCUT2D eigenvalue weighted by Crippen LogP contribution is -2.19. The molecule has 0 unspecified atom stereocenters. The lowest BCUT2D eigenvalue weighted by Gasteiger charge is -2.14. The molecule has 0 spiro atoms.